The molecule has 0 N–H and O–H groups in total. The van der Waals surface area contributed by atoms with Gasteiger partial charge in [-0.05, 0) is 36.6 Å². The van der Waals surface area contributed by atoms with Crippen LogP contribution in [0.1, 0.15) is 6.42 Å². The van der Waals surface area contributed by atoms with Crippen molar-refractivity contribution in [1.82, 2.24) is 0 Å². The van der Waals surface area contributed by atoms with Crippen LogP contribution in [0.5, 0.6) is 0 Å². The standard InChI is InChI=1S/C17H14O4S/c18-14-8-9-15(19)17(12-7-6-11(10-12)16(14)17)22(20,21)13-4-2-1-3-5-13/h1-9,11-12,16H,10H2/t11-,12+,16?,17+/m0/s1. The highest BCUT2D eigenvalue weighted by atomic mass is 32.2. The normalized spacial score (nSPS) is 35.9. The molecule has 1 saturated carbocycles. The lowest BCUT2D eigenvalue weighted by Crippen LogP contribution is -2.58. The van der Waals surface area contributed by atoms with Gasteiger partial charge in [0.1, 0.15) is 0 Å². The fourth-order valence-electron chi connectivity index (χ4n) is 4.28. The third-order valence-electron chi connectivity index (χ3n) is 5.15. The first-order valence-electron chi connectivity index (χ1n) is 7.24. The Morgan fingerprint density at radius 2 is 1.73 bits per heavy atom. The van der Waals surface area contributed by atoms with Crippen molar-refractivity contribution in [2.45, 2.75) is 16.1 Å². The Morgan fingerprint density at radius 3 is 2.45 bits per heavy atom. The molecule has 4 nitrogen and oxygen atoms in total. The molecule has 3 aliphatic rings. The van der Waals surface area contributed by atoms with Gasteiger partial charge in [-0.2, -0.15) is 0 Å². The topological polar surface area (TPSA) is 68.3 Å². The van der Waals surface area contributed by atoms with Gasteiger partial charge in [-0.3, -0.25) is 9.59 Å². The Hall–Kier alpha value is -2.01. The minimum absolute atomic E-state index is 0.109. The van der Waals surface area contributed by atoms with Crippen LogP contribution in [0, 0.1) is 17.8 Å². The molecule has 2 bridgehead atoms. The molecule has 0 saturated heterocycles. The van der Waals surface area contributed by atoms with E-state index in [1.54, 1.807) is 24.3 Å². The number of rotatable bonds is 2. The Bertz CT molecular complexity index is 835. The summed E-state index contributed by atoms with van der Waals surface area (Å²) in [5.41, 5.74) is 0. The summed E-state index contributed by atoms with van der Waals surface area (Å²) in [6.45, 7) is 0. The van der Waals surface area contributed by atoms with Gasteiger partial charge in [0, 0.05) is 5.92 Å². The molecule has 1 aromatic rings. The second-order valence-electron chi connectivity index (χ2n) is 6.08. The van der Waals surface area contributed by atoms with Crippen LogP contribution in [0.25, 0.3) is 0 Å². The minimum atomic E-state index is -3.95. The van der Waals surface area contributed by atoms with E-state index in [2.05, 4.69) is 0 Å². The van der Waals surface area contributed by atoms with Gasteiger partial charge in [0.2, 0.25) is 0 Å². The molecule has 0 aromatic heterocycles. The zero-order valence-corrected chi connectivity index (χ0v) is 12.5. The number of ketones is 2. The van der Waals surface area contributed by atoms with Gasteiger partial charge in [-0.15, -0.1) is 0 Å². The predicted octanol–water partition coefficient (Wildman–Crippen LogP) is 1.73. The summed E-state index contributed by atoms with van der Waals surface area (Å²) < 4.78 is 24.9. The van der Waals surface area contributed by atoms with Crippen LogP contribution in [0.15, 0.2) is 59.5 Å². The summed E-state index contributed by atoms with van der Waals surface area (Å²) in [7, 11) is -3.95. The van der Waals surface area contributed by atoms with E-state index >= 15 is 0 Å². The molecule has 22 heavy (non-hydrogen) atoms. The molecule has 0 aliphatic heterocycles. The lowest BCUT2D eigenvalue weighted by Gasteiger charge is -2.39. The van der Waals surface area contributed by atoms with Gasteiger partial charge < -0.3 is 0 Å². The summed E-state index contributed by atoms with van der Waals surface area (Å²) >= 11 is 0. The van der Waals surface area contributed by atoms with E-state index in [-0.39, 0.29) is 16.6 Å². The van der Waals surface area contributed by atoms with Gasteiger partial charge >= 0.3 is 0 Å². The largest absolute Gasteiger partial charge is 0.294 e. The number of carbonyl (C=O) groups excluding carboxylic acids is 2. The fourth-order valence-corrected chi connectivity index (χ4v) is 6.72. The molecule has 0 radical (unpaired) electrons. The molecule has 1 aromatic carbocycles. The van der Waals surface area contributed by atoms with Crippen molar-refractivity contribution in [2.24, 2.45) is 17.8 Å². The number of benzene rings is 1. The van der Waals surface area contributed by atoms with E-state index in [9.17, 15) is 18.0 Å². The van der Waals surface area contributed by atoms with Crippen molar-refractivity contribution >= 4 is 21.4 Å². The molecule has 3 aliphatic carbocycles. The van der Waals surface area contributed by atoms with Gasteiger partial charge in [0.25, 0.3) is 0 Å². The second-order valence-corrected chi connectivity index (χ2v) is 8.23. The molecular weight excluding hydrogens is 300 g/mol. The molecular formula is C17H14O4S. The smallest absolute Gasteiger partial charge is 0.192 e. The minimum Gasteiger partial charge on any atom is -0.294 e. The van der Waals surface area contributed by atoms with Crippen LogP contribution in [0.4, 0.5) is 0 Å². The highest BCUT2D eigenvalue weighted by Crippen LogP contribution is 2.58. The zero-order chi connectivity index (χ0) is 15.5. The van der Waals surface area contributed by atoms with E-state index in [1.807, 2.05) is 6.08 Å². The first-order valence-corrected chi connectivity index (χ1v) is 8.72. The van der Waals surface area contributed by atoms with Crippen molar-refractivity contribution < 1.29 is 18.0 Å². The number of fused-ring (bicyclic) bond motifs is 5. The number of sulfone groups is 1. The van der Waals surface area contributed by atoms with Crippen LogP contribution in [-0.2, 0) is 19.4 Å². The number of hydrogen-bond donors (Lipinski definition) is 0. The summed E-state index contributed by atoms with van der Waals surface area (Å²) in [4.78, 5) is 25.2. The van der Waals surface area contributed by atoms with Crippen LogP contribution in [0.2, 0.25) is 0 Å². The van der Waals surface area contributed by atoms with E-state index < -0.39 is 32.2 Å². The maximum absolute atomic E-state index is 13.3. The molecule has 1 fully saturated rings. The fraction of sp³-hybridized carbons (Fsp3) is 0.294. The van der Waals surface area contributed by atoms with Crippen LogP contribution in [-0.4, -0.2) is 24.7 Å². The first kappa shape index (κ1) is 13.6. The Morgan fingerprint density at radius 1 is 1.00 bits per heavy atom. The van der Waals surface area contributed by atoms with Crippen molar-refractivity contribution in [3.63, 3.8) is 0 Å². The Kier molecular flexibility index (Phi) is 2.64. The highest BCUT2D eigenvalue weighted by molar-refractivity contribution is 7.93. The van der Waals surface area contributed by atoms with Crippen molar-refractivity contribution in [3.8, 4) is 0 Å². The number of carbonyl (C=O) groups is 2. The average Bonchev–Trinajstić information content (AvgIpc) is 3.12. The van der Waals surface area contributed by atoms with Crippen LogP contribution < -0.4 is 0 Å². The monoisotopic (exact) mass is 314 g/mol. The van der Waals surface area contributed by atoms with Gasteiger partial charge in [0.15, 0.2) is 26.2 Å². The summed E-state index contributed by atoms with van der Waals surface area (Å²) in [5, 5.41) is 0. The van der Waals surface area contributed by atoms with Crippen molar-refractivity contribution in [3.05, 3.63) is 54.6 Å². The zero-order valence-electron chi connectivity index (χ0n) is 11.7. The van der Waals surface area contributed by atoms with Crippen LogP contribution >= 0.6 is 0 Å². The number of allylic oxidation sites excluding steroid dienone is 4. The number of hydrogen-bond acceptors (Lipinski definition) is 4. The van der Waals surface area contributed by atoms with E-state index in [0.717, 1.165) is 6.08 Å². The second kappa shape index (κ2) is 4.26. The van der Waals surface area contributed by atoms with Gasteiger partial charge in [-0.25, -0.2) is 8.42 Å². The summed E-state index contributed by atoms with van der Waals surface area (Å²) in [6.07, 6.45) is 6.62. The molecule has 4 atom stereocenters. The third-order valence-corrected chi connectivity index (χ3v) is 7.69. The highest BCUT2D eigenvalue weighted by Gasteiger charge is 2.69. The summed E-state index contributed by atoms with van der Waals surface area (Å²) in [6, 6.07) is 7.97. The van der Waals surface area contributed by atoms with Crippen molar-refractivity contribution in [1.29, 1.82) is 0 Å². The first-order chi connectivity index (χ1) is 10.5. The van der Waals surface area contributed by atoms with Crippen molar-refractivity contribution in [2.75, 3.05) is 0 Å². The van der Waals surface area contributed by atoms with Gasteiger partial charge in [-0.1, -0.05) is 30.4 Å². The Labute approximate surface area is 128 Å². The van der Waals surface area contributed by atoms with Crippen LogP contribution in [0.3, 0.4) is 0 Å². The molecule has 0 amide bonds. The van der Waals surface area contributed by atoms with E-state index in [4.69, 9.17) is 0 Å². The quantitative estimate of drug-likeness (QED) is 0.780. The molecule has 1 unspecified atom stereocenters. The molecule has 5 heteroatoms. The maximum Gasteiger partial charge on any atom is 0.192 e. The lowest BCUT2D eigenvalue weighted by atomic mass is 9.74. The maximum atomic E-state index is 13.3. The van der Waals surface area contributed by atoms with E-state index in [0.29, 0.717) is 6.42 Å². The molecule has 0 spiro atoms. The van der Waals surface area contributed by atoms with E-state index in [1.165, 1.54) is 18.2 Å². The predicted molar refractivity (Wildman–Crippen MR) is 79.7 cm³/mol. The average molecular weight is 314 g/mol. The molecule has 4 rings (SSSR count). The SMILES string of the molecule is O=C1C=CC(=O)[C@@]2(S(=O)(=O)c3ccccc3)C1[C@H]1C=C[C@@H]2C1. The molecule has 0 heterocycles. The molecule has 112 valence electrons. The summed E-state index contributed by atoms with van der Waals surface area (Å²) in [5.74, 6) is -2.09. The van der Waals surface area contributed by atoms with Gasteiger partial charge in [0.05, 0.1) is 10.8 Å². The third kappa shape index (κ3) is 1.40. The Balaban J connectivity index is 2.02. The lowest BCUT2D eigenvalue weighted by molar-refractivity contribution is -0.127.